The van der Waals surface area contributed by atoms with Crippen LogP contribution in [0.4, 0.5) is 5.69 Å². The van der Waals surface area contributed by atoms with Crippen molar-refractivity contribution < 1.29 is 0 Å². The van der Waals surface area contributed by atoms with Crippen molar-refractivity contribution in [1.29, 1.82) is 0 Å². The molecule has 1 heterocycles. The minimum atomic E-state index is -0.316. The molecule has 180 valence electrons. The summed E-state index contributed by atoms with van der Waals surface area (Å²) < 4.78 is 2.01. The number of hydrogen-bond donors (Lipinski definition) is 1. The Morgan fingerprint density at radius 1 is 1.06 bits per heavy atom. The maximum atomic E-state index is 6.44. The van der Waals surface area contributed by atoms with E-state index in [2.05, 4.69) is 78.9 Å². The van der Waals surface area contributed by atoms with Crippen LogP contribution in [0, 0.1) is 12.3 Å². The third-order valence-electron chi connectivity index (χ3n) is 6.72. The lowest BCUT2D eigenvalue weighted by molar-refractivity contribution is 0.237. The Kier molecular flexibility index (Phi) is 7.34. The summed E-state index contributed by atoms with van der Waals surface area (Å²) in [7, 11) is 0. The van der Waals surface area contributed by atoms with Gasteiger partial charge in [0, 0.05) is 15.7 Å². The molecule has 0 bridgehead atoms. The largest absolute Gasteiger partial charge is 0.372 e. The van der Waals surface area contributed by atoms with Crippen molar-refractivity contribution in [2.45, 2.75) is 71.4 Å². The highest BCUT2D eigenvalue weighted by Gasteiger charge is 2.41. The lowest BCUT2D eigenvalue weighted by atomic mass is 9.79. The molecule has 0 spiro atoms. The summed E-state index contributed by atoms with van der Waals surface area (Å²) in [6, 6.07) is 13.9. The van der Waals surface area contributed by atoms with Crippen LogP contribution < -0.4 is 5.32 Å². The summed E-state index contributed by atoms with van der Waals surface area (Å²) in [4.78, 5) is 0. The molecular weight excluding hydrogens is 465 g/mol. The fraction of sp³-hybridized carbons (Fsp3) is 0.444. The van der Waals surface area contributed by atoms with Gasteiger partial charge < -0.3 is 5.32 Å². The van der Waals surface area contributed by atoms with Gasteiger partial charge in [-0.25, -0.2) is 4.68 Å². The van der Waals surface area contributed by atoms with Crippen LogP contribution in [0.3, 0.4) is 0 Å². The van der Waals surface area contributed by atoms with Crippen molar-refractivity contribution in [3.63, 3.8) is 0 Å². The van der Waals surface area contributed by atoms with E-state index in [9.17, 15) is 0 Å². The third kappa shape index (κ3) is 5.31. The van der Waals surface area contributed by atoms with Gasteiger partial charge in [0.15, 0.2) is 5.82 Å². The molecule has 2 aromatic carbocycles. The molecule has 3 aromatic rings. The Labute approximate surface area is 212 Å². The van der Waals surface area contributed by atoms with E-state index in [0.29, 0.717) is 10.0 Å². The molecule has 1 aliphatic rings. The molecule has 5 nitrogen and oxygen atoms in total. The highest BCUT2D eigenvalue weighted by molar-refractivity contribution is 6.35. The Morgan fingerprint density at radius 2 is 1.79 bits per heavy atom. The number of nitrogens with one attached hydrogen (secondary N) is 1. The summed E-state index contributed by atoms with van der Waals surface area (Å²) >= 11 is 12.5. The topological polar surface area (TPSA) is 55.6 Å². The minimum absolute atomic E-state index is 0.0679. The molecule has 1 aromatic heterocycles. The lowest BCUT2D eigenvalue weighted by Gasteiger charge is -2.40. The molecule has 1 N–H and O–H groups in total. The molecule has 0 saturated heterocycles. The molecule has 7 heteroatoms. The third-order valence-corrected chi connectivity index (χ3v) is 7.28. The van der Waals surface area contributed by atoms with Crippen LogP contribution in [0.25, 0.3) is 6.08 Å². The second-order valence-electron chi connectivity index (χ2n) is 10.4. The van der Waals surface area contributed by atoms with Gasteiger partial charge in [0.05, 0.1) is 11.6 Å². The zero-order valence-electron chi connectivity index (χ0n) is 20.4. The van der Waals surface area contributed by atoms with Crippen LogP contribution >= 0.6 is 23.2 Å². The first-order valence-corrected chi connectivity index (χ1v) is 12.7. The first kappa shape index (κ1) is 24.7. The maximum absolute atomic E-state index is 6.44. The highest BCUT2D eigenvalue weighted by Crippen LogP contribution is 2.42. The Hall–Kier alpha value is -2.37. The van der Waals surface area contributed by atoms with Gasteiger partial charge in [0.1, 0.15) is 0 Å². The maximum Gasteiger partial charge on any atom is 0.177 e. The van der Waals surface area contributed by atoms with E-state index < -0.39 is 0 Å². The van der Waals surface area contributed by atoms with E-state index in [4.69, 9.17) is 23.2 Å². The van der Waals surface area contributed by atoms with Gasteiger partial charge in [-0.3, -0.25) is 0 Å². The monoisotopic (exact) mass is 497 g/mol. The number of nitrogens with zero attached hydrogens (tertiary/aromatic N) is 4. The van der Waals surface area contributed by atoms with Gasteiger partial charge in [-0.15, -0.1) is 5.10 Å². The van der Waals surface area contributed by atoms with Crippen molar-refractivity contribution in [3.8, 4) is 0 Å². The van der Waals surface area contributed by atoms with E-state index in [1.54, 1.807) is 6.07 Å². The molecule has 1 atom stereocenters. The van der Waals surface area contributed by atoms with Crippen molar-refractivity contribution in [1.82, 2.24) is 20.2 Å². The SMILES string of the molecule is Cc1ccccc1NC1(c2nnnn2C(C=Cc2ccc(Cl)cc2Cl)C(C)(C)C)CCCCC1. The normalized spacial score (nSPS) is 17.1. The highest BCUT2D eigenvalue weighted by atomic mass is 35.5. The van der Waals surface area contributed by atoms with Gasteiger partial charge in [0.25, 0.3) is 0 Å². The number of rotatable bonds is 6. The molecule has 1 fully saturated rings. The Balaban J connectivity index is 1.76. The molecular formula is C27H33Cl2N5. The van der Waals surface area contributed by atoms with E-state index >= 15 is 0 Å². The average Bonchev–Trinajstić information content (AvgIpc) is 3.27. The van der Waals surface area contributed by atoms with Crippen LogP contribution in [0.2, 0.25) is 10.0 Å². The van der Waals surface area contributed by atoms with Gasteiger partial charge in [-0.05, 0) is 64.9 Å². The van der Waals surface area contributed by atoms with Crippen LogP contribution in [0.5, 0.6) is 0 Å². The predicted octanol–water partition coefficient (Wildman–Crippen LogP) is 7.86. The first-order chi connectivity index (χ1) is 16.2. The second-order valence-corrected chi connectivity index (χ2v) is 11.2. The number of allylic oxidation sites excluding steroid dienone is 1. The van der Waals surface area contributed by atoms with Crippen LogP contribution in [0.1, 0.15) is 75.9 Å². The fourth-order valence-corrected chi connectivity index (χ4v) is 5.27. The number of tetrazole rings is 1. The summed E-state index contributed by atoms with van der Waals surface area (Å²) in [6.45, 7) is 8.76. The van der Waals surface area contributed by atoms with Gasteiger partial charge in [-0.2, -0.15) is 0 Å². The number of aromatic nitrogens is 4. The first-order valence-electron chi connectivity index (χ1n) is 11.9. The van der Waals surface area contributed by atoms with Crippen LogP contribution in [-0.4, -0.2) is 20.2 Å². The standard InChI is InChI=1S/C27H33Cl2N5/c1-19-10-6-7-11-23(19)30-27(16-8-5-9-17-27)25-31-32-33-34(25)24(26(2,3)4)15-13-20-12-14-21(28)18-22(20)29/h6-7,10-15,18,24,30H,5,8-9,16-17H2,1-4H3. The van der Waals surface area contributed by atoms with Crippen LogP contribution in [-0.2, 0) is 5.54 Å². The van der Waals surface area contributed by atoms with E-state index in [0.717, 1.165) is 42.8 Å². The molecule has 1 unspecified atom stereocenters. The Bertz CT molecular complexity index is 1160. The van der Waals surface area contributed by atoms with E-state index in [-0.39, 0.29) is 17.0 Å². The molecule has 4 rings (SSSR count). The van der Waals surface area contributed by atoms with E-state index in [1.807, 2.05) is 22.9 Å². The quantitative estimate of drug-likeness (QED) is 0.376. The van der Waals surface area contributed by atoms with Crippen molar-refractivity contribution in [2.75, 3.05) is 5.32 Å². The molecule has 0 aliphatic heterocycles. The zero-order chi connectivity index (χ0) is 24.3. The summed E-state index contributed by atoms with van der Waals surface area (Å²) in [6.07, 6.45) is 9.69. The van der Waals surface area contributed by atoms with Gasteiger partial charge in [0.2, 0.25) is 0 Å². The minimum Gasteiger partial charge on any atom is -0.372 e. The number of para-hydroxylation sites is 1. The predicted molar refractivity (Wildman–Crippen MR) is 141 cm³/mol. The zero-order valence-corrected chi connectivity index (χ0v) is 21.9. The summed E-state index contributed by atoms with van der Waals surface area (Å²) in [5.41, 5.74) is 2.83. The van der Waals surface area contributed by atoms with Gasteiger partial charge in [-0.1, -0.05) is 99.7 Å². The number of anilines is 1. The molecule has 0 amide bonds. The summed E-state index contributed by atoms with van der Waals surface area (Å²) in [5, 5.41) is 18.4. The molecule has 1 saturated carbocycles. The number of benzene rings is 2. The number of hydrogen-bond acceptors (Lipinski definition) is 4. The van der Waals surface area contributed by atoms with Crippen molar-refractivity contribution in [2.24, 2.45) is 5.41 Å². The number of aryl methyl sites for hydroxylation is 1. The molecule has 0 radical (unpaired) electrons. The average molecular weight is 499 g/mol. The second kappa shape index (κ2) is 10.1. The lowest BCUT2D eigenvalue weighted by Crippen LogP contribution is -2.42. The Morgan fingerprint density at radius 3 is 2.47 bits per heavy atom. The van der Waals surface area contributed by atoms with Gasteiger partial charge >= 0.3 is 0 Å². The number of halogens is 2. The summed E-state index contributed by atoms with van der Waals surface area (Å²) in [5.74, 6) is 0.891. The van der Waals surface area contributed by atoms with E-state index in [1.165, 1.54) is 12.0 Å². The van der Waals surface area contributed by atoms with Crippen molar-refractivity contribution in [3.05, 3.63) is 75.5 Å². The van der Waals surface area contributed by atoms with Crippen molar-refractivity contribution >= 4 is 35.0 Å². The molecule has 1 aliphatic carbocycles. The smallest absolute Gasteiger partial charge is 0.177 e. The molecule has 34 heavy (non-hydrogen) atoms. The van der Waals surface area contributed by atoms with Crippen LogP contribution in [0.15, 0.2) is 48.5 Å². The fourth-order valence-electron chi connectivity index (χ4n) is 4.80.